The summed E-state index contributed by atoms with van der Waals surface area (Å²) in [6.07, 6.45) is 0. The van der Waals surface area contributed by atoms with Crippen molar-refractivity contribution in [2.45, 2.75) is 13.5 Å². The number of hydrogen-bond donors (Lipinski definition) is 1. The van der Waals surface area contributed by atoms with Gasteiger partial charge in [-0.1, -0.05) is 17.7 Å². The molecule has 1 aliphatic heterocycles. The highest BCUT2D eigenvalue weighted by molar-refractivity contribution is 5.91. The number of carbonyl (C=O) groups is 1. The summed E-state index contributed by atoms with van der Waals surface area (Å²) < 4.78 is 6.35. The Labute approximate surface area is 139 Å². The second kappa shape index (κ2) is 6.79. The first-order valence-corrected chi connectivity index (χ1v) is 7.70. The molecule has 0 unspecified atom stereocenters. The first kappa shape index (κ1) is 16.1. The molecule has 2 heterocycles. The lowest BCUT2D eigenvalue weighted by atomic mass is 10.2. The molecule has 1 aromatic carbocycles. The van der Waals surface area contributed by atoms with E-state index in [1.165, 1.54) is 11.7 Å². The lowest BCUT2D eigenvalue weighted by molar-refractivity contribution is 0.0928. The zero-order valence-corrected chi connectivity index (χ0v) is 13.7. The molecular weight excluding hydrogens is 310 g/mol. The van der Waals surface area contributed by atoms with Gasteiger partial charge < -0.3 is 15.0 Å². The summed E-state index contributed by atoms with van der Waals surface area (Å²) in [6.45, 7) is 3.78. The Morgan fingerprint density at radius 3 is 2.71 bits per heavy atom. The number of aromatic nitrogens is 3. The Kier molecular flexibility index (Phi) is 4.57. The summed E-state index contributed by atoms with van der Waals surface area (Å²) in [5.41, 5.74) is 1.48. The van der Waals surface area contributed by atoms with Gasteiger partial charge in [-0.2, -0.15) is 0 Å². The minimum Gasteiger partial charge on any atom is -0.383 e. The number of methoxy groups -OCH3 is 1. The second-order valence-corrected chi connectivity index (χ2v) is 5.54. The molecule has 0 spiro atoms. The van der Waals surface area contributed by atoms with E-state index in [0.29, 0.717) is 32.2 Å². The average molecular weight is 329 g/mol. The normalized spacial score (nSPS) is 13.0. The Bertz CT molecular complexity index is 800. The molecule has 0 saturated carbocycles. The Morgan fingerprint density at radius 1 is 1.25 bits per heavy atom. The van der Waals surface area contributed by atoms with Crippen LogP contribution in [0.4, 0.5) is 11.6 Å². The van der Waals surface area contributed by atoms with Crippen LogP contribution in [0, 0.1) is 6.92 Å². The fourth-order valence-corrected chi connectivity index (χ4v) is 2.57. The SMILES string of the molecule is COCCNC(=O)c1nnc2n(c1=O)CCN2c1ccc(C)cc1. The second-order valence-electron chi connectivity index (χ2n) is 5.54. The van der Waals surface area contributed by atoms with Gasteiger partial charge in [-0.05, 0) is 19.1 Å². The number of nitrogens with zero attached hydrogens (tertiary/aromatic N) is 4. The molecule has 2 aromatic rings. The van der Waals surface area contributed by atoms with Crippen molar-refractivity contribution in [3.63, 3.8) is 0 Å². The van der Waals surface area contributed by atoms with Crippen LogP contribution in [0.15, 0.2) is 29.1 Å². The third-order valence-corrected chi connectivity index (χ3v) is 3.87. The van der Waals surface area contributed by atoms with Crippen molar-refractivity contribution in [3.8, 4) is 0 Å². The molecule has 0 aliphatic carbocycles. The van der Waals surface area contributed by atoms with Crippen LogP contribution < -0.4 is 15.8 Å². The fourth-order valence-electron chi connectivity index (χ4n) is 2.57. The predicted octanol–water partition coefficient (Wildman–Crippen LogP) is 0.475. The summed E-state index contributed by atoms with van der Waals surface area (Å²) in [6, 6.07) is 7.95. The molecule has 3 rings (SSSR count). The Morgan fingerprint density at radius 2 is 2.00 bits per heavy atom. The third-order valence-electron chi connectivity index (χ3n) is 3.87. The first-order valence-electron chi connectivity index (χ1n) is 7.70. The summed E-state index contributed by atoms with van der Waals surface area (Å²) >= 11 is 0. The maximum atomic E-state index is 12.5. The summed E-state index contributed by atoms with van der Waals surface area (Å²) in [5.74, 6) is -0.0778. The number of benzene rings is 1. The smallest absolute Gasteiger partial charge is 0.286 e. The van der Waals surface area contributed by atoms with E-state index in [1.54, 1.807) is 0 Å². The number of anilines is 2. The van der Waals surface area contributed by atoms with Crippen LogP contribution in [0.5, 0.6) is 0 Å². The van der Waals surface area contributed by atoms with Gasteiger partial charge in [0, 0.05) is 32.4 Å². The number of nitrogens with one attached hydrogen (secondary N) is 1. The van der Waals surface area contributed by atoms with E-state index in [2.05, 4.69) is 15.5 Å². The van der Waals surface area contributed by atoms with E-state index in [-0.39, 0.29) is 5.69 Å². The van der Waals surface area contributed by atoms with Crippen molar-refractivity contribution < 1.29 is 9.53 Å². The minimum absolute atomic E-state index is 0.194. The van der Waals surface area contributed by atoms with Gasteiger partial charge in [0.05, 0.1) is 6.61 Å². The lowest BCUT2D eigenvalue weighted by Crippen LogP contribution is -2.36. The average Bonchev–Trinajstić information content (AvgIpc) is 3.01. The topological polar surface area (TPSA) is 89.3 Å². The van der Waals surface area contributed by atoms with Gasteiger partial charge in [0.1, 0.15) is 0 Å². The monoisotopic (exact) mass is 329 g/mol. The van der Waals surface area contributed by atoms with Gasteiger partial charge in [-0.3, -0.25) is 14.2 Å². The molecule has 1 aliphatic rings. The van der Waals surface area contributed by atoms with Gasteiger partial charge in [-0.15, -0.1) is 10.2 Å². The number of fused-ring (bicyclic) bond motifs is 1. The molecule has 0 fully saturated rings. The van der Waals surface area contributed by atoms with E-state index in [1.807, 2.05) is 36.1 Å². The molecule has 0 saturated heterocycles. The molecular formula is C16H19N5O3. The van der Waals surface area contributed by atoms with Crippen LogP contribution in [-0.2, 0) is 11.3 Å². The number of ether oxygens (including phenoxy) is 1. The summed E-state index contributed by atoms with van der Waals surface area (Å²) in [7, 11) is 1.54. The molecule has 0 bridgehead atoms. The zero-order chi connectivity index (χ0) is 17.1. The quantitative estimate of drug-likeness (QED) is 0.802. The van der Waals surface area contributed by atoms with Crippen LogP contribution in [-0.4, -0.2) is 47.5 Å². The molecule has 24 heavy (non-hydrogen) atoms. The number of aryl methyl sites for hydroxylation is 1. The van der Waals surface area contributed by atoms with Crippen LogP contribution in [0.25, 0.3) is 0 Å². The minimum atomic E-state index is -0.534. The van der Waals surface area contributed by atoms with Crippen molar-refractivity contribution in [1.29, 1.82) is 0 Å². The van der Waals surface area contributed by atoms with Gasteiger partial charge in [-0.25, -0.2) is 0 Å². The summed E-state index contributed by atoms with van der Waals surface area (Å²) in [4.78, 5) is 26.5. The predicted molar refractivity (Wildman–Crippen MR) is 88.7 cm³/mol. The molecule has 0 atom stereocenters. The Balaban J connectivity index is 1.87. The third kappa shape index (κ3) is 3.00. The largest absolute Gasteiger partial charge is 0.383 e. The highest BCUT2D eigenvalue weighted by atomic mass is 16.5. The van der Waals surface area contributed by atoms with E-state index >= 15 is 0 Å². The van der Waals surface area contributed by atoms with E-state index in [4.69, 9.17) is 4.74 Å². The first-order chi connectivity index (χ1) is 11.6. The van der Waals surface area contributed by atoms with Crippen molar-refractivity contribution in [2.24, 2.45) is 0 Å². The number of hydrogen-bond acceptors (Lipinski definition) is 6. The number of carbonyl (C=O) groups excluding carboxylic acids is 1. The molecule has 0 radical (unpaired) electrons. The van der Waals surface area contributed by atoms with E-state index in [9.17, 15) is 9.59 Å². The van der Waals surface area contributed by atoms with Gasteiger partial charge in [0.2, 0.25) is 11.6 Å². The molecule has 8 nitrogen and oxygen atoms in total. The standard InChI is InChI=1S/C16H19N5O3/c1-11-3-5-12(6-4-11)20-8-9-21-15(23)13(18-19-16(20)21)14(22)17-7-10-24-2/h3-6H,7-10H2,1-2H3,(H,17,22). The molecule has 8 heteroatoms. The van der Waals surface area contributed by atoms with Crippen LogP contribution in [0.2, 0.25) is 0 Å². The van der Waals surface area contributed by atoms with E-state index < -0.39 is 11.5 Å². The zero-order valence-electron chi connectivity index (χ0n) is 13.7. The van der Waals surface area contributed by atoms with Crippen molar-refractivity contribution in [3.05, 3.63) is 45.9 Å². The van der Waals surface area contributed by atoms with Gasteiger partial charge in [0.15, 0.2) is 0 Å². The van der Waals surface area contributed by atoms with Gasteiger partial charge >= 0.3 is 0 Å². The molecule has 1 aromatic heterocycles. The molecule has 126 valence electrons. The van der Waals surface area contributed by atoms with Gasteiger partial charge in [0.25, 0.3) is 11.5 Å². The van der Waals surface area contributed by atoms with Crippen LogP contribution >= 0.6 is 0 Å². The Hall–Kier alpha value is -2.74. The van der Waals surface area contributed by atoms with Crippen molar-refractivity contribution >= 4 is 17.5 Å². The maximum Gasteiger partial charge on any atom is 0.286 e. The lowest BCUT2D eigenvalue weighted by Gasteiger charge is -2.16. The van der Waals surface area contributed by atoms with Crippen molar-refractivity contribution in [1.82, 2.24) is 20.1 Å². The maximum absolute atomic E-state index is 12.5. The highest BCUT2D eigenvalue weighted by Gasteiger charge is 2.27. The fraction of sp³-hybridized carbons (Fsp3) is 0.375. The highest BCUT2D eigenvalue weighted by Crippen LogP contribution is 2.26. The van der Waals surface area contributed by atoms with Crippen LogP contribution in [0.3, 0.4) is 0 Å². The van der Waals surface area contributed by atoms with E-state index in [0.717, 1.165) is 11.3 Å². The molecule has 1 N–H and O–H groups in total. The number of amides is 1. The van der Waals surface area contributed by atoms with Crippen molar-refractivity contribution in [2.75, 3.05) is 31.7 Å². The molecule has 1 amide bonds. The van der Waals surface area contributed by atoms with Crippen LogP contribution in [0.1, 0.15) is 16.1 Å². The summed E-state index contributed by atoms with van der Waals surface area (Å²) in [5, 5.41) is 10.5. The number of rotatable bonds is 5.